The first-order valence-corrected chi connectivity index (χ1v) is 8.62. The largest absolute Gasteiger partial charge is 0.417 e. The molecule has 1 fully saturated rings. The second-order valence-corrected chi connectivity index (χ2v) is 6.77. The molecule has 0 N–H and O–H groups in total. The average Bonchev–Trinajstić information content (AvgIpc) is 2.61. The number of aromatic nitrogens is 2. The minimum absolute atomic E-state index is 0.311. The van der Waals surface area contributed by atoms with Gasteiger partial charge in [-0.05, 0) is 34.7 Å². The maximum atomic E-state index is 13.1. The number of hydrogen-bond acceptors (Lipinski definition) is 4. The number of rotatable bonds is 2. The van der Waals surface area contributed by atoms with E-state index in [1.54, 1.807) is 12.4 Å². The van der Waals surface area contributed by atoms with Gasteiger partial charge in [0.15, 0.2) is 0 Å². The topological polar surface area (TPSA) is 49.3 Å². The average molecular weight is 462 g/mol. The van der Waals surface area contributed by atoms with Crippen molar-refractivity contribution >= 4 is 34.4 Å². The lowest BCUT2D eigenvalue weighted by atomic mass is 10.1. The van der Waals surface area contributed by atoms with Crippen LogP contribution in [-0.4, -0.2) is 47.0 Å². The summed E-state index contributed by atoms with van der Waals surface area (Å²) < 4.78 is 40.2. The molecule has 1 aromatic heterocycles. The second-order valence-electron chi connectivity index (χ2n) is 5.52. The third kappa shape index (κ3) is 4.02. The highest BCUT2D eigenvalue weighted by Gasteiger charge is 2.36. The van der Waals surface area contributed by atoms with E-state index < -0.39 is 17.6 Å². The number of amides is 1. The number of anilines is 1. The van der Waals surface area contributed by atoms with E-state index >= 15 is 0 Å². The lowest BCUT2D eigenvalue weighted by molar-refractivity contribution is -0.138. The smallest absolute Gasteiger partial charge is 0.337 e. The van der Waals surface area contributed by atoms with Crippen molar-refractivity contribution in [3.63, 3.8) is 0 Å². The summed E-state index contributed by atoms with van der Waals surface area (Å²) in [5, 5.41) is 0. The summed E-state index contributed by atoms with van der Waals surface area (Å²) >= 11 is 2.11. The van der Waals surface area contributed by atoms with Gasteiger partial charge in [0.05, 0.1) is 11.1 Å². The van der Waals surface area contributed by atoms with Gasteiger partial charge in [0, 0.05) is 42.1 Å². The van der Waals surface area contributed by atoms with E-state index in [4.69, 9.17) is 0 Å². The lowest BCUT2D eigenvalue weighted by Gasteiger charge is -2.35. The number of benzene rings is 1. The Morgan fingerprint density at radius 1 is 1.04 bits per heavy atom. The molecule has 0 radical (unpaired) electrons. The van der Waals surface area contributed by atoms with Crippen molar-refractivity contribution in [2.75, 3.05) is 31.1 Å². The highest BCUT2D eigenvalue weighted by atomic mass is 127. The van der Waals surface area contributed by atoms with Crippen molar-refractivity contribution in [1.82, 2.24) is 14.9 Å². The molecular weight excluding hydrogens is 448 g/mol. The summed E-state index contributed by atoms with van der Waals surface area (Å²) in [6.45, 7) is 1.59. The van der Waals surface area contributed by atoms with Crippen molar-refractivity contribution in [3.8, 4) is 0 Å². The fourth-order valence-electron chi connectivity index (χ4n) is 2.67. The fourth-order valence-corrected chi connectivity index (χ4v) is 2.94. The molecule has 2 heterocycles. The molecule has 1 aromatic carbocycles. The Bertz CT molecular complexity index is 759. The molecule has 0 spiro atoms. The lowest BCUT2D eigenvalue weighted by Crippen LogP contribution is -2.49. The van der Waals surface area contributed by atoms with E-state index in [1.165, 1.54) is 23.1 Å². The van der Waals surface area contributed by atoms with Gasteiger partial charge < -0.3 is 9.80 Å². The van der Waals surface area contributed by atoms with E-state index in [0.29, 0.717) is 32.1 Å². The minimum Gasteiger partial charge on any atom is -0.337 e. The van der Waals surface area contributed by atoms with Gasteiger partial charge >= 0.3 is 6.18 Å². The Morgan fingerprint density at radius 2 is 1.64 bits per heavy atom. The molecule has 1 amide bonds. The molecule has 25 heavy (non-hydrogen) atoms. The zero-order valence-corrected chi connectivity index (χ0v) is 15.2. The number of piperazine rings is 1. The Hall–Kier alpha value is -1.91. The number of alkyl halides is 3. The van der Waals surface area contributed by atoms with Crippen LogP contribution in [0.25, 0.3) is 0 Å². The maximum absolute atomic E-state index is 13.1. The van der Waals surface area contributed by atoms with Crippen LogP contribution in [0.5, 0.6) is 0 Å². The van der Waals surface area contributed by atoms with Gasteiger partial charge in [-0.25, -0.2) is 9.97 Å². The fraction of sp³-hybridized carbons (Fsp3) is 0.312. The standard InChI is InChI=1S/C16H14F3IN4O/c17-16(18,19)13-4-2-1-3-12(13)14(25)23-5-7-24(8-6-23)15-21-9-11(20)10-22-15/h1-4,9-10H,5-8H2. The van der Waals surface area contributed by atoms with Crippen LogP contribution in [0.2, 0.25) is 0 Å². The highest BCUT2D eigenvalue weighted by Crippen LogP contribution is 2.32. The number of carbonyl (C=O) groups excluding carboxylic acids is 1. The molecule has 132 valence electrons. The van der Waals surface area contributed by atoms with Crippen molar-refractivity contribution in [2.24, 2.45) is 0 Å². The summed E-state index contributed by atoms with van der Waals surface area (Å²) in [5.74, 6) is -0.0423. The monoisotopic (exact) mass is 462 g/mol. The molecule has 5 nitrogen and oxygen atoms in total. The first-order valence-electron chi connectivity index (χ1n) is 7.54. The second kappa shape index (κ2) is 7.14. The third-order valence-electron chi connectivity index (χ3n) is 3.92. The molecule has 1 aliphatic heterocycles. The first-order chi connectivity index (χ1) is 11.9. The van der Waals surface area contributed by atoms with Gasteiger partial charge in [0.25, 0.3) is 5.91 Å². The van der Waals surface area contributed by atoms with Crippen LogP contribution in [-0.2, 0) is 6.18 Å². The molecule has 0 aliphatic carbocycles. The first kappa shape index (κ1) is 17.9. The SMILES string of the molecule is O=C(c1ccccc1C(F)(F)F)N1CCN(c2ncc(I)cn2)CC1. The summed E-state index contributed by atoms with van der Waals surface area (Å²) in [6, 6.07) is 4.88. The molecule has 1 saturated heterocycles. The molecular formula is C16H14F3IN4O. The predicted molar refractivity (Wildman–Crippen MR) is 94.3 cm³/mol. The Kier molecular flexibility index (Phi) is 5.11. The van der Waals surface area contributed by atoms with E-state index in [-0.39, 0.29) is 5.56 Å². The van der Waals surface area contributed by atoms with E-state index in [0.717, 1.165) is 9.64 Å². The number of hydrogen-bond donors (Lipinski definition) is 0. The van der Waals surface area contributed by atoms with Gasteiger partial charge in [-0.1, -0.05) is 12.1 Å². The summed E-state index contributed by atoms with van der Waals surface area (Å²) in [5.41, 5.74) is -1.21. The third-order valence-corrected chi connectivity index (χ3v) is 4.48. The van der Waals surface area contributed by atoms with Gasteiger partial charge in [0.2, 0.25) is 5.95 Å². The molecule has 0 saturated carbocycles. The van der Waals surface area contributed by atoms with E-state index in [1.807, 2.05) is 4.90 Å². The van der Waals surface area contributed by atoms with Crippen LogP contribution in [0.1, 0.15) is 15.9 Å². The maximum Gasteiger partial charge on any atom is 0.417 e. The van der Waals surface area contributed by atoms with Crippen LogP contribution < -0.4 is 4.90 Å². The molecule has 3 rings (SSSR count). The molecule has 0 atom stereocenters. The Balaban J connectivity index is 1.71. The number of halogens is 4. The number of carbonyl (C=O) groups is 1. The zero-order valence-electron chi connectivity index (χ0n) is 13.0. The van der Waals surface area contributed by atoms with Crippen LogP contribution in [0, 0.1) is 3.57 Å². The zero-order chi connectivity index (χ0) is 18.0. The van der Waals surface area contributed by atoms with Crippen LogP contribution in [0.15, 0.2) is 36.7 Å². The Labute approximate surface area is 156 Å². The molecule has 0 unspecified atom stereocenters. The quantitative estimate of drug-likeness (QED) is 0.645. The summed E-state index contributed by atoms with van der Waals surface area (Å²) in [6.07, 6.45) is -1.16. The van der Waals surface area contributed by atoms with Gasteiger partial charge in [-0.15, -0.1) is 0 Å². The van der Waals surface area contributed by atoms with Crippen LogP contribution in [0.4, 0.5) is 19.1 Å². The van der Waals surface area contributed by atoms with Gasteiger partial charge in [0.1, 0.15) is 0 Å². The van der Waals surface area contributed by atoms with Crippen LogP contribution >= 0.6 is 22.6 Å². The van der Waals surface area contributed by atoms with E-state index in [9.17, 15) is 18.0 Å². The van der Waals surface area contributed by atoms with Crippen LogP contribution in [0.3, 0.4) is 0 Å². The summed E-state index contributed by atoms with van der Waals surface area (Å²) in [7, 11) is 0. The van der Waals surface area contributed by atoms with Crippen molar-refractivity contribution in [1.29, 1.82) is 0 Å². The van der Waals surface area contributed by atoms with Gasteiger partial charge in [-0.2, -0.15) is 13.2 Å². The number of nitrogens with zero attached hydrogens (tertiary/aromatic N) is 4. The van der Waals surface area contributed by atoms with E-state index in [2.05, 4.69) is 32.6 Å². The normalized spacial score (nSPS) is 15.4. The molecule has 1 aliphatic rings. The van der Waals surface area contributed by atoms with Crippen molar-refractivity contribution < 1.29 is 18.0 Å². The minimum atomic E-state index is -4.55. The Morgan fingerprint density at radius 3 is 2.24 bits per heavy atom. The molecule has 9 heteroatoms. The van der Waals surface area contributed by atoms with Crippen molar-refractivity contribution in [3.05, 3.63) is 51.4 Å². The van der Waals surface area contributed by atoms with Gasteiger partial charge in [-0.3, -0.25) is 4.79 Å². The summed E-state index contributed by atoms with van der Waals surface area (Å²) in [4.78, 5) is 24.3. The highest BCUT2D eigenvalue weighted by molar-refractivity contribution is 14.1. The molecule has 0 bridgehead atoms. The molecule has 2 aromatic rings. The van der Waals surface area contributed by atoms with Crippen molar-refractivity contribution in [2.45, 2.75) is 6.18 Å². The predicted octanol–water partition coefficient (Wildman–Crippen LogP) is 3.06.